The summed E-state index contributed by atoms with van der Waals surface area (Å²) in [5.74, 6) is 0.602. The number of fused-ring (bicyclic) bond motifs is 1. The van der Waals surface area contributed by atoms with Crippen molar-refractivity contribution in [2.45, 2.75) is 31.2 Å². The monoisotopic (exact) mass is 315 g/mol. The van der Waals surface area contributed by atoms with E-state index in [9.17, 15) is 4.79 Å². The first-order valence-corrected chi connectivity index (χ1v) is 7.57. The van der Waals surface area contributed by atoms with Crippen LogP contribution in [0.3, 0.4) is 0 Å². The third-order valence-corrected chi connectivity index (χ3v) is 4.25. The Morgan fingerprint density at radius 1 is 1.22 bits per heavy atom. The standard InChI is InChI=1S/C15H17N5O3/c1-9(21)16-11-7-22-14-12(8-23-13(11)14)20-15(17-18-19-20)10-5-3-2-4-6-10/h2-6,11-14H,7-8H2,1H3,(H,16,21). The maximum Gasteiger partial charge on any atom is 0.217 e. The largest absolute Gasteiger partial charge is 0.371 e. The van der Waals surface area contributed by atoms with Crippen molar-refractivity contribution in [1.82, 2.24) is 25.5 Å². The second-order valence-electron chi connectivity index (χ2n) is 5.78. The van der Waals surface area contributed by atoms with E-state index in [0.717, 1.165) is 5.56 Å². The van der Waals surface area contributed by atoms with Crippen LogP contribution in [0.25, 0.3) is 11.4 Å². The molecule has 2 aromatic rings. The van der Waals surface area contributed by atoms with Crippen LogP contribution in [0.2, 0.25) is 0 Å². The summed E-state index contributed by atoms with van der Waals surface area (Å²) in [6.45, 7) is 2.39. The van der Waals surface area contributed by atoms with Crippen molar-refractivity contribution < 1.29 is 14.3 Å². The minimum Gasteiger partial charge on any atom is -0.371 e. The van der Waals surface area contributed by atoms with Gasteiger partial charge in [0.15, 0.2) is 5.82 Å². The van der Waals surface area contributed by atoms with Crippen molar-refractivity contribution in [3.8, 4) is 11.4 Å². The van der Waals surface area contributed by atoms with Gasteiger partial charge in [-0.3, -0.25) is 4.79 Å². The van der Waals surface area contributed by atoms with Gasteiger partial charge in [-0.15, -0.1) is 5.10 Å². The molecule has 4 atom stereocenters. The van der Waals surface area contributed by atoms with Crippen LogP contribution < -0.4 is 5.32 Å². The minimum absolute atomic E-state index is 0.0845. The van der Waals surface area contributed by atoms with Gasteiger partial charge in [-0.1, -0.05) is 30.3 Å². The zero-order chi connectivity index (χ0) is 15.8. The molecule has 0 aliphatic carbocycles. The Morgan fingerprint density at radius 3 is 2.78 bits per heavy atom. The highest BCUT2D eigenvalue weighted by Gasteiger charge is 2.49. The van der Waals surface area contributed by atoms with Crippen LogP contribution in [0.4, 0.5) is 0 Å². The molecule has 0 spiro atoms. The Bertz CT molecular complexity index is 704. The summed E-state index contributed by atoms with van der Waals surface area (Å²) in [6, 6.07) is 9.53. The molecule has 4 unspecified atom stereocenters. The van der Waals surface area contributed by atoms with E-state index in [1.165, 1.54) is 6.92 Å². The molecule has 1 N–H and O–H groups in total. The molecule has 1 amide bonds. The van der Waals surface area contributed by atoms with E-state index in [0.29, 0.717) is 19.0 Å². The van der Waals surface area contributed by atoms with Gasteiger partial charge in [0.2, 0.25) is 5.91 Å². The predicted octanol–water partition coefficient (Wildman–Crippen LogP) is 0.184. The highest BCUT2D eigenvalue weighted by Crippen LogP contribution is 2.35. The van der Waals surface area contributed by atoms with Crippen LogP contribution in [-0.4, -0.2) is 57.6 Å². The van der Waals surface area contributed by atoms with Crippen molar-refractivity contribution >= 4 is 5.91 Å². The first kappa shape index (κ1) is 14.3. The lowest BCUT2D eigenvalue weighted by atomic mass is 10.1. The smallest absolute Gasteiger partial charge is 0.217 e. The van der Waals surface area contributed by atoms with Crippen molar-refractivity contribution in [3.05, 3.63) is 30.3 Å². The molecule has 4 rings (SSSR count). The van der Waals surface area contributed by atoms with Gasteiger partial charge in [-0.2, -0.15) is 0 Å². The van der Waals surface area contributed by atoms with E-state index in [4.69, 9.17) is 9.47 Å². The zero-order valence-corrected chi connectivity index (χ0v) is 12.6. The molecule has 23 heavy (non-hydrogen) atoms. The molecule has 0 bridgehead atoms. The summed E-state index contributed by atoms with van der Waals surface area (Å²) in [5, 5.41) is 14.9. The minimum atomic E-state index is -0.170. The van der Waals surface area contributed by atoms with Gasteiger partial charge in [0.25, 0.3) is 0 Å². The van der Waals surface area contributed by atoms with E-state index in [-0.39, 0.29) is 30.2 Å². The number of hydrogen-bond acceptors (Lipinski definition) is 6. The van der Waals surface area contributed by atoms with Gasteiger partial charge >= 0.3 is 0 Å². The van der Waals surface area contributed by atoms with Crippen LogP contribution in [0, 0.1) is 0 Å². The van der Waals surface area contributed by atoms with Crippen LogP contribution >= 0.6 is 0 Å². The number of ether oxygens (including phenoxy) is 2. The molecule has 8 nitrogen and oxygen atoms in total. The number of tetrazole rings is 1. The Morgan fingerprint density at radius 2 is 2.00 bits per heavy atom. The molecule has 1 aromatic heterocycles. The molecule has 0 radical (unpaired) electrons. The number of benzene rings is 1. The third kappa shape index (κ3) is 2.49. The molecular weight excluding hydrogens is 298 g/mol. The summed E-state index contributed by atoms with van der Waals surface area (Å²) in [6.07, 6.45) is -0.338. The molecule has 2 aliphatic heterocycles. The normalized spacial score (nSPS) is 29.4. The number of amides is 1. The zero-order valence-electron chi connectivity index (χ0n) is 12.6. The number of hydrogen-bond donors (Lipinski definition) is 1. The molecule has 3 heterocycles. The fourth-order valence-corrected chi connectivity index (χ4v) is 3.27. The van der Waals surface area contributed by atoms with Crippen LogP contribution in [0.15, 0.2) is 30.3 Å². The molecular formula is C15H17N5O3. The fraction of sp³-hybridized carbons (Fsp3) is 0.467. The van der Waals surface area contributed by atoms with Gasteiger partial charge < -0.3 is 14.8 Å². The van der Waals surface area contributed by atoms with Crippen LogP contribution in [-0.2, 0) is 14.3 Å². The SMILES string of the molecule is CC(=O)NC1COC2C1OCC2n1nnnc1-c1ccccc1. The van der Waals surface area contributed by atoms with E-state index in [1.54, 1.807) is 4.68 Å². The quantitative estimate of drug-likeness (QED) is 0.869. The first-order valence-electron chi connectivity index (χ1n) is 7.57. The maximum atomic E-state index is 11.3. The molecule has 2 aliphatic rings. The molecule has 2 saturated heterocycles. The molecule has 2 fully saturated rings. The first-order chi connectivity index (χ1) is 11.2. The molecule has 120 valence electrons. The van der Waals surface area contributed by atoms with E-state index in [1.807, 2.05) is 30.3 Å². The average Bonchev–Trinajstić information content (AvgIpc) is 3.24. The second kappa shape index (κ2) is 5.71. The van der Waals surface area contributed by atoms with E-state index < -0.39 is 0 Å². The van der Waals surface area contributed by atoms with Crippen molar-refractivity contribution in [2.75, 3.05) is 13.2 Å². The van der Waals surface area contributed by atoms with Crippen LogP contribution in [0.1, 0.15) is 13.0 Å². The van der Waals surface area contributed by atoms with Crippen molar-refractivity contribution in [3.63, 3.8) is 0 Å². The van der Waals surface area contributed by atoms with E-state index in [2.05, 4.69) is 20.8 Å². The number of carbonyl (C=O) groups excluding carboxylic acids is 1. The molecule has 0 saturated carbocycles. The van der Waals surface area contributed by atoms with Gasteiger partial charge in [-0.05, 0) is 10.4 Å². The number of nitrogens with zero attached hydrogens (tertiary/aromatic N) is 4. The Labute approximate surface area is 132 Å². The van der Waals surface area contributed by atoms with Gasteiger partial charge in [0.05, 0.1) is 19.3 Å². The predicted molar refractivity (Wildman–Crippen MR) is 79.4 cm³/mol. The van der Waals surface area contributed by atoms with Gasteiger partial charge in [0, 0.05) is 12.5 Å². The summed E-state index contributed by atoms with van der Waals surface area (Å²) >= 11 is 0. The third-order valence-electron chi connectivity index (χ3n) is 4.25. The van der Waals surface area contributed by atoms with Gasteiger partial charge in [-0.25, -0.2) is 4.68 Å². The lowest BCUT2D eigenvalue weighted by Gasteiger charge is -2.17. The number of nitrogens with one attached hydrogen (secondary N) is 1. The second-order valence-corrected chi connectivity index (χ2v) is 5.78. The summed E-state index contributed by atoms with van der Waals surface area (Å²) < 4.78 is 13.5. The molecule has 1 aromatic carbocycles. The topological polar surface area (TPSA) is 91.2 Å². The molecule has 8 heteroatoms. The van der Waals surface area contributed by atoms with Gasteiger partial charge in [0.1, 0.15) is 18.2 Å². The summed E-state index contributed by atoms with van der Waals surface area (Å²) in [4.78, 5) is 11.3. The highest BCUT2D eigenvalue weighted by molar-refractivity contribution is 5.73. The Balaban J connectivity index is 1.59. The summed E-state index contributed by atoms with van der Waals surface area (Å²) in [7, 11) is 0. The number of rotatable bonds is 3. The average molecular weight is 315 g/mol. The fourth-order valence-electron chi connectivity index (χ4n) is 3.27. The maximum absolute atomic E-state index is 11.3. The Kier molecular flexibility index (Phi) is 3.55. The Hall–Kier alpha value is -2.32. The lowest BCUT2D eigenvalue weighted by Crippen LogP contribution is -2.43. The van der Waals surface area contributed by atoms with Crippen molar-refractivity contribution in [1.29, 1.82) is 0 Å². The lowest BCUT2D eigenvalue weighted by molar-refractivity contribution is -0.120. The summed E-state index contributed by atoms with van der Waals surface area (Å²) in [5.41, 5.74) is 0.942. The highest BCUT2D eigenvalue weighted by atomic mass is 16.6. The van der Waals surface area contributed by atoms with E-state index >= 15 is 0 Å². The van der Waals surface area contributed by atoms with Crippen LogP contribution in [0.5, 0.6) is 0 Å². The number of aromatic nitrogens is 4. The number of carbonyl (C=O) groups is 1. The van der Waals surface area contributed by atoms with Crippen molar-refractivity contribution in [2.24, 2.45) is 0 Å².